The topological polar surface area (TPSA) is 90.7 Å². The van der Waals surface area contributed by atoms with E-state index in [-0.39, 0.29) is 5.41 Å². The Bertz CT molecular complexity index is 1640. The van der Waals surface area contributed by atoms with Crippen molar-refractivity contribution in [1.29, 1.82) is 0 Å². The Morgan fingerprint density at radius 1 is 1.05 bits per heavy atom. The summed E-state index contributed by atoms with van der Waals surface area (Å²) in [6.45, 7) is 0.326. The number of anilines is 2. The van der Waals surface area contributed by atoms with Gasteiger partial charge in [0.05, 0.1) is 25.6 Å². The number of ether oxygens (including phenoxy) is 3. The van der Waals surface area contributed by atoms with Crippen molar-refractivity contribution in [1.82, 2.24) is 14.8 Å². The van der Waals surface area contributed by atoms with Crippen LogP contribution in [0.3, 0.4) is 0 Å². The third-order valence-electron chi connectivity index (χ3n) is 7.52. The molecule has 1 atom stereocenters. The van der Waals surface area contributed by atoms with Gasteiger partial charge in [-0.25, -0.2) is 9.67 Å². The molecular formula is C29H25ClF3N5O4. The van der Waals surface area contributed by atoms with E-state index in [1.807, 2.05) is 0 Å². The number of benzene rings is 3. The molecule has 1 N–H and O–H groups in total. The standard InChI is InChI=1S/C29H25ClF3N5O4/c1-40-21-11-18(10-19(12-21)38-16-34-15-35-38)36-26(22-5-3-17(30)9-25(22)41-2)27(39)37-14-28(7-8-28)23-6-4-20(13-24(23)37)42-29(31,32)33/h3-6,9-13,15-16,26,36H,7-8,14H2,1-2H3. The van der Waals surface area contributed by atoms with Gasteiger partial charge in [-0.05, 0) is 42.7 Å². The number of halogens is 4. The molecule has 9 nitrogen and oxygen atoms in total. The van der Waals surface area contributed by atoms with Crippen LogP contribution in [0.1, 0.15) is 30.0 Å². The molecule has 1 aliphatic carbocycles. The van der Waals surface area contributed by atoms with Crippen LogP contribution in [0.4, 0.5) is 24.5 Å². The maximum Gasteiger partial charge on any atom is 0.573 e. The maximum absolute atomic E-state index is 14.5. The fourth-order valence-electron chi connectivity index (χ4n) is 5.41. The molecule has 0 radical (unpaired) electrons. The van der Waals surface area contributed by atoms with E-state index < -0.39 is 24.1 Å². The predicted octanol–water partition coefficient (Wildman–Crippen LogP) is 6.07. The minimum absolute atomic E-state index is 0.299. The first-order chi connectivity index (χ1) is 20.1. The quantitative estimate of drug-likeness (QED) is 0.263. The first kappa shape index (κ1) is 27.7. The highest BCUT2D eigenvalue weighted by Crippen LogP contribution is 2.57. The second-order valence-corrected chi connectivity index (χ2v) is 10.6. The molecule has 1 aromatic heterocycles. The monoisotopic (exact) mass is 599 g/mol. The summed E-state index contributed by atoms with van der Waals surface area (Å²) in [5, 5.41) is 7.90. The van der Waals surface area contributed by atoms with Gasteiger partial charge >= 0.3 is 6.36 Å². The number of aromatic nitrogens is 3. The van der Waals surface area contributed by atoms with Gasteiger partial charge in [0.1, 0.15) is 35.9 Å². The van der Waals surface area contributed by atoms with Gasteiger partial charge in [0.25, 0.3) is 5.91 Å². The Kier molecular flexibility index (Phi) is 6.88. The van der Waals surface area contributed by atoms with Crippen LogP contribution in [0, 0.1) is 0 Å². The summed E-state index contributed by atoms with van der Waals surface area (Å²) in [6.07, 6.45) is -0.299. The zero-order chi connectivity index (χ0) is 29.6. The zero-order valence-corrected chi connectivity index (χ0v) is 23.2. The van der Waals surface area contributed by atoms with Gasteiger partial charge < -0.3 is 24.4 Å². The van der Waals surface area contributed by atoms with Crippen LogP contribution in [-0.2, 0) is 10.2 Å². The zero-order valence-electron chi connectivity index (χ0n) is 22.5. The van der Waals surface area contributed by atoms with Gasteiger partial charge in [0, 0.05) is 46.4 Å². The van der Waals surface area contributed by atoms with Gasteiger partial charge in [-0.2, -0.15) is 5.10 Å². The largest absolute Gasteiger partial charge is 0.573 e. The number of fused-ring (bicyclic) bond motifs is 2. The molecule has 218 valence electrons. The van der Waals surface area contributed by atoms with Crippen molar-refractivity contribution in [2.75, 3.05) is 31.0 Å². The summed E-state index contributed by atoms with van der Waals surface area (Å²) in [6, 6.07) is 13.3. The molecule has 6 rings (SSSR count). The molecule has 3 aromatic carbocycles. The number of rotatable bonds is 8. The van der Waals surface area contributed by atoms with E-state index in [0.717, 1.165) is 18.4 Å². The summed E-state index contributed by atoms with van der Waals surface area (Å²) in [5.74, 6) is 0.0742. The van der Waals surface area contributed by atoms with Gasteiger partial charge in [0.2, 0.25) is 0 Å². The smallest absolute Gasteiger partial charge is 0.497 e. The average molecular weight is 600 g/mol. The summed E-state index contributed by atoms with van der Waals surface area (Å²) >= 11 is 6.23. The molecule has 2 aliphatic rings. The predicted molar refractivity (Wildman–Crippen MR) is 149 cm³/mol. The lowest BCUT2D eigenvalue weighted by molar-refractivity contribution is -0.274. The van der Waals surface area contributed by atoms with E-state index in [9.17, 15) is 18.0 Å². The maximum atomic E-state index is 14.5. The number of alkyl halides is 3. The molecule has 4 aromatic rings. The third kappa shape index (κ3) is 5.29. The number of hydrogen-bond acceptors (Lipinski definition) is 7. The first-order valence-corrected chi connectivity index (χ1v) is 13.3. The van der Waals surface area contributed by atoms with Crippen molar-refractivity contribution in [3.63, 3.8) is 0 Å². The van der Waals surface area contributed by atoms with Crippen molar-refractivity contribution in [3.8, 4) is 22.9 Å². The molecule has 1 unspecified atom stereocenters. The number of nitrogens with one attached hydrogen (secondary N) is 1. The minimum Gasteiger partial charge on any atom is -0.497 e. The van der Waals surface area contributed by atoms with Gasteiger partial charge in [-0.1, -0.05) is 23.7 Å². The third-order valence-corrected chi connectivity index (χ3v) is 7.76. The summed E-state index contributed by atoms with van der Waals surface area (Å²) in [4.78, 5) is 20.0. The molecule has 1 amide bonds. The van der Waals surface area contributed by atoms with Crippen molar-refractivity contribution in [2.45, 2.75) is 30.7 Å². The van der Waals surface area contributed by atoms with E-state index in [4.69, 9.17) is 21.1 Å². The first-order valence-electron chi connectivity index (χ1n) is 12.9. The van der Waals surface area contributed by atoms with Crippen LogP contribution in [0.5, 0.6) is 17.2 Å². The molecule has 2 heterocycles. The van der Waals surface area contributed by atoms with Crippen LogP contribution in [-0.4, -0.2) is 47.8 Å². The Morgan fingerprint density at radius 3 is 2.52 bits per heavy atom. The van der Waals surface area contributed by atoms with Gasteiger partial charge in [0.15, 0.2) is 0 Å². The minimum atomic E-state index is -4.87. The second kappa shape index (κ2) is 10.4. The lowest BCUT2D eigenvalue weighted by atomic mass is 9.99. The highest BCUT2D eigenvalue weighted by molar-refractivity contribution is 6.30. The normalized spacial score (nSPS) is 15.7. The van der Waals surface area contributed by atoms with Crippen molar-refractivity contribution in [3.05, 3.63) is 83.4 Å². The Morgan fingerprint density at radius 2 is 1.86 bits per heavy atom. The van der Waals surface area contributed by atoms with E-state index in [2.05, 4.69) is 20.1 Å². The Labute approximate surface area is 243 Å². The molecule has 0 saturated heterocycles. The fourth-order valence-corrected chi connectivity index (χ4v) is 5.57. The van der Waals surface area contributed by atoms with E-state index in [1.54, 1.807) is 47.1 Å². The highest BCUT2D eigenvalue weighted by atomic mass is 35.5. The SMILES string of the molecule is COc1cc(NC(C(=O)N2CC3(CC3)c3ccc(OC(F)(F)F)cc32)c2ccc(Cl)cc2OC)cc(-n2cncn2)c1. The number of methoxy groups -OCH3 is 2. The van der Waals surface area contributed by atoms with Gasteiger partial charge in [-0.15, -0.1) is 13.2 Å². The molecule has 0 bridgehead atoms. The number of carbonyl (C=O) groups excluding carboxylic acids is 1. The molecule has 42 heavy (non-hydrogen) atoms. The lowest BCUT2D eigenvalue weighted by Gasteiger charge is -2.28. The summed E-state index contributed by atoms with van der Waals surface area (Å²) in [7, 11) is 2.99. The number of hydrogen-bond donors (Lipinski definition) is 1. The van der Waals surface area contributed by atoms with Crippen LogP contribution in [0.15, 0.2) is 67.3 Å². The average Bonchev–Trinajstić information content (AvgIpc) is 3.38. The second-order valence-electron chi connectivity index (χ2n) is 10.2. The van der Waals surface area contributed by atoms with Crippen LogP contribution >= 0.6 is 11.6 Å². The van der Waals surface area contributed by atoms with Crippen molar-refractivity contribution >= 4 is 28.9 Å². The molecule has 13 heteroatoms. The number of nitrogens with zero attached hydrogens (tertiary/aromatic N) is 4. The molecule has 1 spiro atoms. The molecular weight excluding hydrogens is 575 g/mol. The van der Waals surface area contributed by atoms with Crippen LogP contribution in [0.25, 0.3) is 5.69 Å². The molecule has 1 saturated carbocycles. The highest BCUT2D eigenvalue weighted by Gasteiger charge is 2.54. The van der Waals surface area contributed by atoms with E-state index in [0.29, 0.717) is 45.7 Å². The summed E-state index contributed by atoms with van der Waals surface area (Å²) in [5.41, 5.74) is 2.53. The Balaban J connectivity index is 1.43. The lowest BCUT2D eigenvalue weighted by Crippen LogP contribution is -2.38. The van der Waals surface area contributed by atoms with E-state index >= 15 is 0 Å². The van der Waals surface area contributed by atoms with Gasteiger partial charge in [-0.3, -0.25) is 4.79 Å². The number of carbonyl (C=O) groups is 1. The number of amides is 1. The van der Waals surface area contributed by atoms with E-state index in [1.165, 1.54) is 43.9 Å². The van der Waals surface area contributed by atoms with Crippen LogP contribution < -0.4 is 24.4 Å². The fraction of sp³-hybridized carbons (Fsp3) is 0.276. The molecule has 1 fully saturated rings. The van der Waals surface area contributed by atoms with Crippen LogP contribution in [0.2, 0.25) is 5.02 Å². The summed E-state index contributed by atoms with van der Waals surface area (Å²) < 4.78 is 56.0. The van der Waals surface area contributed by atoms with Crippen molar-refractivity contribution in [2.24, 2.45) is 0 Å². The van der Waals surface area contributed by atoms with Crippen molar-refractivity contribution < 1.29 is 32.2 Å². The Hall–Kier alpha value is -4.45. The molecule has 1 aliphatic heterocycles.